The lowest BCUT2D eigenvalue weighted by molar-refractivity contribution is -0.388. The fourth-order valence-corrected chi connectivity index (χ4v) is 5.30. The van der Waals surface area contributed by atoms with Crippen molar-refractivity contribution >= 4 is 23.1 Å². The van der Waals surface area contributed by atoms with Crippen LogP contribution in [0.3, 0.4) is 0 Å². The number of nitro benzene ring substituents is 1. The topological polar surface area (TPSA) is 82.0 Å². The smallest absolute Gasteiger partial charge is 0.382 e. The molecule has 4 rings (SSSR count). The largest absolute Gasteiger partial charge is 0.423 e. The van der Waals surface area contributed by atoms with Crippen molar-refractivity contribution in [2.75, 3.05) is 50.0 Å². The lowest BCUT2D eigenvalue weighted by atomic mass is 9.96. The fraction of sp³-hybridized carbons (Fsp3) is 0.536. The molecule has 0 aromatic heterocycles. The molecule has 1 N–H and O–H groups in total. The van der Waals surface area contributed by atoms with E-state index in [0.29, 0.717) is 38.4 Å². The molecule has 0 radical (unpaired) electrons. The maximum atomic E-state index is 13.3. The first-order chi connectivity index (χ1) is 18.0. The second-order valence-electron chi connectivity index (χ2n) is 10.3. The van der Waals surface area contributed by atoms with Gasteiger partial charge in [0.1, 0.15) is 5.56 Å². The van der Waals surface area contributed by atoms with E-state index in [4.69, 9.17) is 0 Å². The monoisotopic (exact) mass is 549 g/mol. The van der Waals surface area contributed by atoms with Crippen molar-refractivity contribution in [1.29, 1.82) is 0 Å². The lowest BCUT2D eigenvalue weighted by Crippen LogP contribution is -2.49. The molecule has 2 aromatic rings. The van der Waals surface area contributed by atoms with E-state index in [1.807, 2.05) is 7.05 Å². The van der Waals surface area contributed by atoms with Crippen molar-refractivity contribution in [3.05, 3.63) is 63.7 Å². The molecule has 2 aliphatic heterocycles. The fourth-order valence-electron chi connectivity index (χ4n) is 5.30. The zero-order valence-corrected chi connectivity index (χ0v) is 21.7. The van der Waals surface area contributed by atoms with Gasteiger partial charge in [0, 0.05) is 63.3 Å². The van der Waals surface area contributed by atoms with Crippen LogP contribution in [-0.4, -0.2) is 66.6 Å². The number of carbonyl (C=O) groups excluding carboxylic acids is 1. The molecule has 0 bridgehead atoms. The molecule has 0 unspecified atom stereocenters. The maximum absolute atomic E-state index is 13.3. The number of benzene rings is 2. The number of rotatable bonds is 6. The van der Waals surface area contributed by atoms with Gasteiger partial charge in [-0.25, -0.2) is 4.79 Å². The number of alkyl halides is 3. The Hall–Kier alpha value is -3.50. The summed E-state index contributed by atoms with van der Waals surface area (Å²) in [5.74, 6) is 0.440. The van der Waals surface area contributed by atoms with E-state index in [2.05, 4.69) is 41.4 Å². The summed E-state index contributed by atoms with van der Waals surface area (Å²) >= 11 is 0. The number of nitrogens with one attached hydrogen (secondary N) is 1. The summed E-state index contributed by atoms with van der Waals surface area (Å²) in [6.45, 7) is 5.68. The second kappa shape index (κ2) is 12.6. The van der Waals surface area contributed by atoms with Crippen molar-refractivity contribution in [3.8, 4) is 0 Å². The molecule has 2 heterocycles. The predicted octanol–water partition coefficient (Wildman–Crippen LogP) is 6.40. The minimum Gasteiger partial charge on any atom is -0.382 e. The highest BCUT2D eigenvalue weighted by Gasteiger charge is 2.38. The predicted molar refractivity (Wildman–Crippen MR) is 147 cm³/mol. The second-order valence-corrected chi connectivity index (χ2v) is 10.3. The SMILES string of the molecule is C.Cc1ccc(N2CCC(CN(C)C(=O)N3CCC(Nc4ccc([N+](=O)[O-])c(C(F)(F)F)c4)CC3)CC2)cc1. The molecule has 8 nitrogen and oxygen atoms in total. The summed E-state index contributed by atoms with van der Waals surface area (Å²) in [7, 11) is 1.83. The number of aryl methyl sites for hydroxylation is 1. The van der Waals surface area contributed by atoms with Crippen LogP contribution in [0.5, 0.6) is 0 Å². The van der Waals surface area contributed by atoms with Gasteiger partial charge in [0.2, 0.25) is 0 Å². The van der Waals surface area contributed by atoms with Crippen molar-refractivity contribution in [2.45, 2.75) is 52.3 Å². The van der Waals surface area contributed by atoms with Gasteiger partial charge in [-0.15, -0.1) is 0 Å². The van der Waals surface area contributed by atoms with E-state index in [-0.39, 0.29) is 25.2 Å². The zero-order chi connectivity index (χ0) is 27.4. The van der Waals surface area contributed by atoms with E-state index < -0.39 is 22.4 Å². The van der Waals surface area contributed by atoms with Crippen LogP contribution >= 0.6 is 0 Å². The summed E-state index contributed by atoms with van der Waals surface area (Å²) < 4.78 is 39.8. The molecule has 0 saturated carbocycles. The molecule has 11 heteroatoms. The summed E-state index contributed by atoms with van der Waals surface area (Å²) in [4.78, 5) is 29.0. The van der Waals surface area contributed by atoms with E-state index in [9.17, 15) is 28.1 Å². The molecule has 39 heavy (non-hydrogen) atoms. The third-order valence-corrected chi connectivity index (χ3v) is 7.51. The Kier molecular flexibility index (Phi) is 9.68. The van der Waals surface area contributed by atoms with E-state index >= 15 is 0 Å². The highest BCUT2D eigenvalue weighted by molar-refractivity contribution is 5.74. The molecule has 0 aliphatic carbocycles. The number of carbonyl (C=O) groups is 1. The van der Waals surface area contributed by atoms with Crippen molar-refractivity contribution in [2.24, 2.45) is 5.92 Å². The maximum Gasteiger partial charge on any atom is 0.423 e. The minimum absolute atomic E-state index is 0. The summed E-state index contributed by atoms with van der Waals surface area (Å²) in [5.41, 5.74) is 0.421. The first-order valence-electron chi connectivity index (χ1n) is 12.9. The Morgan fingerprint density at radius 3 is 2.23 bits per heavy atom. The number of nitrogens with zero attached hydrogens (tertiary/aromatic N) is 4. The van der Waals surface area contributed by atoms with Gasteiger partial charge in [0.15, 0.2) is 0 Å². The highest BCUT2D eigenvalue weighted by atomic mass is 19.4. The van der Waals surface area contributed by atoms with Gasteiger partial charge in [0.25, 0.3) is 5.69 Å². The molecule has 0 atom stereocenters. The molecular formula is C28H38F3N5O3. The van der Waals surface area contributed by atoms with Gasteiger partial charge in [0.05, 0.1) is 4.92 Å². The van der Waals surface area contributed by atoms with Crippen molar-refractivity contribution in [1.82, 2.24) is 9.80 Å². The highest BCUT2D eigenvalue weighted by Crippen LogP contribution is 2.38. The standard InChI is InChI=1S/C27H34F3N5O3.CH4/c1-19-3-6-23(7-4-19)33-13-9-20(10-14-33)18-32(2)26(36)34-15-11-21(12-16-34)31-22-5-8-25(35(37)38)24(17-22)27(28,29)30;/h3-8,17,20-21,31H,9-16,18H2,1-2H3;1H4. The van der Waals surface area contributed by atoms with Crippen LogP contribution < -0.4 is 10.2 Å². The Balaban J connectivity index is 0.00000420. The van der Waals surface area contributed by atoms with Crippen LogP contribution in [0.2, 0.25) is 0 Å². The van der Waals surface area contributed by atoms with Crippen LogP contribution in [0.15, 0.2) is 42.5 Å². The van der Waals surface area contributed by atoms with Gasteiger partial charge in [-0.1, -0.05) is 25.1 Å². The number of piperidine rings is 2. The van der Waals surface area contributed by atoms with Gasteiger partial charge < -0.3 is 20.0 Å². The van der Waals surface area contributed by atoms with Crippen LogP contribution in [0.25, 0.3) is 0 Å². The molecular weight excluding hydrogens is 511 g/mol. The van der Waals surface area contributed by atoms with Crippen LogP contribution in [0.4, 0.5) is 35.0 Å². The number of amides is 2. The van der Waals surface area contributed by atoms with E-state index in [1.165, 1.54) is 17.3 Å². The van der Waals surface area contributed by atoms with E-state index in [1.54, 1.807) is 9.80 Å². The van der Waals surface area contributed by atoms with Crippen molar-refractivity contribution in [3.63, 3.8) is 0 Å². The number of hydrogen-bond acceptors (Lipinski definition) is 5. The van der Waals surface area contributed by atoms with Crippen LogP contribution in [0.1, 0.15) is 44.2 Å². The van der Waals surface area contributed by atoms with E-state index in [0.717, 1.165) is 38.1 Å². The van der Waals surface area contributed by atoms with Crippen LogP contribution in [-0.2, 0) is 6.18 Å². The van der Waals surface area contributed by atoms with Gasteiger partial charge >= 0.3 is 12.2 Å². The number of likely N-dealkylation sites (tertiary alicyclic amines) is 1. The average Bonchev–Trinajstić information content (AvgIpc) is 2.89. The molecule has 214 valence electrons. The Morgan fingerprint density at radius 1 is 1.05 bits per heavy atom. The first-order valence-corrected chi connectivity index (χ1v) is 12.9. The lowest BCUT2D eigenvalue weighted by Gasteiger charge is -2.38. The van der Waals surface area contributed by atoms with Crippen LogP contribution in [0, 0.1) is 23.0 Å². The zero-order valence-electron chi connectivity index (χ0n) is 21.7. The summed E-state index contributed by atoms with van der Waals surface area (Å²) in [6.07, 6.45) is -1.63. The average molecular weight is 550 g/mol. The number of nitro groups is 1. The van der Waals surface area contributed by atoms with Gasteiger partial charge in [-0.3, -0.25) is 10.1 Å². The number of halogens is 3. The summed E-state index contributed by atoms with van der Waals surface area (Å²) in [6, 6.07) is 11.4. The molecule has 2 aliphatic rings. The molecule has 2 amide bonds. The number of hydrogen-bond donors (Lipinski definition) is 1. The molecule has 2 fully saturated rings. The Labute approximate surface area is 227 Å². The molecule has 0 spiro atoms. The third-order valence-electron chi connectivity index (χ3n) is 7.51. The van der Waals surface area contributed by atoms with Gasteiger partial charge in [-0.2, -0.15) is 13.2 Å². The van der Waals surface area contributed by atoms with Gasteiger partial charge in [-0.05, 0) is 62.8 Å². The first kappa shape index (κ1) is 30.0. The Morgan fingerprint density at radius 2 is 1.67 bits per heavy atom. The quantitative estimate of drug-likeness (QED) is 0.333. The summed E-state index contributed by atoms with van der Waals surface area (Å²) in [5, 5.41) is 14.0. The minimum atomic E-state index is -4.82. The number of anilines is 2. The Bertz CT molecular complexity index is 1130. The normalized spacial score (nSPS) is 16.9. The third kappa shape index (κ3) is 7.54. The number of urea groups is 1. The molecule has 2 aromatic carbocycles. The molecule has 2 saturated heterocycles. The van der Waals surface area contributed by atoms with Crippen molar-refractivity contribution < 1.29 is 22.9 Å².